The molecule has 0 saturated heterocycles. The Morgan fingerprint density at radius 2 is 1.79 bits per heavy atom. The van der Waals surface area contributed by atoms with Crippen LogP contribution in [0.3, 0.4) is 0 Å². The molecule has 0 radical (unpaired) electrons. The molecule has 3 rings (SSSR count). The van der Waals surface area contributed by atoms with Crippen molar-refractivity contribution in [2.24, 2.45) is 5.10 Å². The van der Waals surface area contributed by atoms with Crippen molar-refractivity contribution in [3.05, 3.63) is 60.2 Å². The molecule has 1 aliphatic rings. The number of hydrazone groups is 1. The minimum atomic E-state index is -2.99. The maximum atomic E-state index is 12.4. The highest BCUT2D eigenvalue weighted by molar-refractivity contribution is 6.02. The Morgan fingerprint density at radius 1 is 1.07 bits per heavy atom. The first kappa shape index (κ1) is 19.5. The molecule has 0 aromatic heterocycles. The summed E-state index contributed by atoms with van der Waals surface area (Å²) in [5.41, 5.74) is 1.92. The van der Waals surface area contributed by atoms with Gasteiger partial charge in [0, 0.05) is 19.3 Å². The predicted octanol–water partition coefficient (Wildman–Crippen LogP) is 3.64. The molecule has 8 heteroatoms. The molecular weight excluding hydrogens is 368 g/mol. The first-order valence-corrected chi connectivity index (χ1v) is 8.80. The zero-order valence-corrected chi connectivity index (χ0v) is 15.0. The van der Waals surface area contributed by atoms with Crippen LogP contribution in [0.15, 0.2) is 59.7 Å². The minimum Gasteiger partial charge on any atom is -0.433 e. The fraction of sp³-hybridized carbons (Fsp3) is 0.250. The zero-order valence-electron chi connectivity index (χ0n) is 15.0. The summed E-state index contributed by atoms with van der Waals surface area (Å²) in [6.45, 7) is -2.53. The summed E-state index contributed by atoms with van der Waals surface area (Å²) in [5, 5.41) is 8.19. The van der Waals surface area contributed by atoms with Crippen molar-refractivity contribution in [2.45, 2.75) is 25.9 Å². The Bertz CT molecular complexity index is 872. The van der Waals surface area contributed by atoms with Crippen LogP contribution in [-0.4, -0.2) is 35.7 Å². The van der Waals surface area contributed by atoms with Crippen LogP contribution in [0.1, 0.15) is 24.8 Å². The minimum absolute atomic E-state index is 0.0325. The molecule has 0 bridgehead atoms. The summed E-state index contributed by atoms with van der Waals surface area (Å²) >= 11 is 0. The highest BCUT2D eigenvalue weighted by Crippen LogP contribution is 2.25. The second-order valence-electron chi connectivity index (χ2n) is 6.10. The lowest BCUT2D eigenvalue weighted by Gasteiger charge is -2.13. The molecule has 0 atom stereocenters. The average Bonchev–Trinajstić information content (AvgIpc) is 3.18. The SMILES string of the molecule is O=C(CCC(=O)N1CCC(c2ccccc2)=N1)Nc1ccccc1OC(F)F. The second-order valence-corrected chi connectivity index (χ2v) is 6.10. The van der Waals surface area contributed by atoms with E-state index in [1.807, 2.05) is 30.3 Å². The zero-order chi connectivity index (χ0) is 19.9. The largest absolute Gasteiger partial charge is 0.433 e. The number of hydrogen-bond acceptors (Lipinski definition) is 4. The molecule has 28 heavy (non-hydrogen) atoms. The van der Waals surface area contributed by atoms with Gasteiger partial charge >= 0.3 is 6.61 Å². The molecule has 0 unspecified atom stereocenters. The van der Waals surface area contributed by atoms with Crippen molar-refractivity contribution in [3.8, 4) is 5.75 Å². The first-order chi connectivity index (χ1) is 13.5. The maximum Gasteiger partial charge on any atom is 0.387 e. The molecular formula is C20H19F2N3O3. The number of ether oxygens (including phenoxy) is 1. The van der Waals surface area contributed by atoms with Gasteiger partial charge in [-0.05, 0) is 17.7 Å². The number of rotatable bonds is 7. The normalized spacial score (nSPS) is 13.4. The third-order valence-electron chi connectivity index (χ3n) is 4.14. The summed E-state index contributed by atoms with van der Waals surface area (Å²) < 4.78 is 29.2. The number of halogens is 2. The lowest BCUT2D eigenvalue weighted by molar-refractivity contribution is -0.132. The monoisotopic (exact) mass is 387 g/mol. The van der Waals surface area contributed by atoms with Crippen LogP contribution in [0.4, 0.5) is 14.5 Å². The van der Waals surface area contributed by atoms with E-state index in [1.165, 1.54) is 23.2 Å². The molecule has 0 saturated carbocycles. The van der Waals surface area contributed by atoms with Crippen molar-refractivity contribution in [1.82, 2.24) is 5.01 Å². The standard InChI is InChI=1S/C20H19F2N3O3/c21-20(22)28-17-9-5-4-8-16(17)23-18(26)10-11-19(27)25-13-12-15(24-25)14-6-2-1-3-7-14/h1-9,20H,10-13H2,(H,23,26). The van der Waals surface area contributed by atoms with Gasteiger partial charge in [-0.2, -0.15) is 13.9 Å². The Kier molecular flexibility index (Phi) is 6.31. The average molecular weight is 387 g/mol. The molecule has 2 aromatic rings. The van der Waals surface area contributed by atoms with E-state index in [4.69, 9.17) is 0 Å². The lowest BCUT2D eigenvalue weighted by atomic mass is 10.1. The van der Waals surface area contributed by atoms with Gasteiger partial charge in [-0.25, -0.2) is 5.01 Å². The Labute approximate surface area is 160 Å². The van der Waals surface area contributed by atoms with Gasteiger partial charge in [-0.3, -0.25) is 9.59 Å². The number of carbonyl (C=O) groups excluding carboxylic acids is 2. The first-order valence-electron chi connectivity index (χ1n) is 8.80. The third kappa shape index (κ3) is 5.12. The molecule has 1 N–H and O–H groups in total. The topological polar surface area (TPSA) is 71.0 Å². The van der Waals surface area contributed by atoms with Gasteiger partial charge in [0.15, 0.2) is 0 Å². The Balaban J connectivity index is 1.53. The van der Waals surface area contributed by atoms with Crippen molar-refractivity contribution in [1.29, 1.82) is 0 Å². The van der Waals surface area contributed by atoms with Gasteiger partial charge in [0.05, 0.1) is 17.9 Å². The van der Waals surface area contributed by atoms with Crippen LogP contribution in [0.5, 0.6) is 5.75 Å². The quantitative estimate of drug-likeness (QED) is 0.788. The van der Waals surface area contributed by atoms with Crippen LogP contribution in [-0.2, 0) is 9.59 Å². The van der Waals surface area contributed by atoms with E-state index in [0.717, 1.165) is 11.3 Å². The van der Waals surface area contributed by atoms with Crippen molar-refractivity contribution < 1.29 is 23.1 Å². The van der Waals surface area contributed by atoms with E-state index in [9.17, 15) is 18.4 Å². The lowest BCUT2D eigenvalue weighted by Crippen LogP contribution is -2.25. The highest BCUT2D eigenvalue weighted by atomic mass is 19.3. The van der Waals surface area contributed by atoms with E-state index < -0.39 is 12.5 Å². The molecule has 0 fully saturated rings. The number of nitrogens with one attached hydrogen (secondary N) is 1. The second kappa shape index (κ2) is 9.07. The van der Waals surface area contributed by atoms with Crippen molar-refractivity contribution >= 4 is 23.2 Å². The van der Waals surface area contributed by atoms with Gasteiger partial charge in [-0.1, -0.05) is 42.5 Å². The van der Waals surface area contributed by atoms with Crippen molar-refractivity contribution in [2.75, 3.05) is 11.9 Å². The number of benzene rings is 2. The highest BCUT2D eigenvalue weighted by Gasteiger charge is 2.22. The van der Waals surface area contributed by atoms with E-state index in [-0.39, 0.29) is 30.2 Å². The number of anilines is 1. The number of nitrogens with zero attached hydrogens (tertiary/aromatic N) is 2. The van der Waals surface area contributed by atoms with Crippen molar-refractivity contribution in [3.63, 3.8) is 0 Å². The smallest absolute Gasteiger partial charge is 0.387 e. The summed E-state index contributed by atoms with van der Waals surface area (Å²) in [5.74, 6) is -0.864. The van der Waals surface area contributed by atoms with Crippen LogP contribution in [0.2, 0.25) is 0 Å². The molecule has 1 aliphatic heterocycles. The summed E-state index contributed by atoms with van der Waals surface area (Å²) in [7, 11) is 0. The molecule has 6 nitrogen and oxygen atoms in total. The number of hydrogen-bond donors (Lipinski definition) is 1. The Hall–Kier alpha value is -3.29. The van der Waals surface area contributed by atoms with Crippen LogP contribution in [0.25, 0.3) is 0 Å². The fourth-order valence-corrected chi connectivity index (χ4v) is 2.80. The number of amides is 2. The molecule has 146 valence electrons. The number of alkyl halides is 2. The van der Waals surface area contributed by atoms with Gasteiger partial charge in [0.25, 0.3) is 0 Å². The molecule has 2 aromatic carbocycles. The van der Waals surface area contributed by atoms with Crippen LogP contribution < -0.4 is 10.1 Å². The van der Waals surface area contributed by atoms with E-state index >= 15 is 0 Å². The van der Waals surface area contributed by atoms with Gasteiger partial charge in [-0.15, -0.1) is 0 Å². The molecule has 1 heterocycles. The number of para-hydroxylation sites is 2. The molecule has 0 spiro atoms. The third-order valence-corrected chi connectivity index (χ3v) is 4.14. The van der Waals surface area contributed by atoms with Crippen LogP contribution >= 0.6 is 0 Å². The van der Waals surface area contributed by atoms with Gasteiger partial charge in [0.1, 0.15) is 5.75 Å². The Morgan fingerprint density at radius 3 is 2.54 bits per heavy atom. The van der Waals surface area contributed by atoms with E-state index in [1.54, 1.807) is 6.07 Å². The van der Waals surface area contributed by atoms with E-state index in [2.05, 4.69) is 15.2 Å². The number of carbonyl (C=O) groups is 2. The van der Waals surface area contributed by atoms with E-state index in [0.29, 0.717) is 13.0 Å². The van der Waals surface area contributed by atoms with Gasteiger partial charge < -0.3 is 10.1 Å². The fourth-order valence-electron chi connectivity index (χ4n) is 2.80. The molecule has 2 amide bonds. The van der Waals surface area contributed by atoms with Gasteiger partial charge in [0.2, 0.25) is 11.8 Å². The summed E-state index contributed by atoms with van der Waals surface area (Å²) in [6, 6.07) is 15.5. The maximum absolute atomic E-state index is 12.4. The summed E-state index contributed by atoms with van der Waals surface area (Å²) in [6.07, 6.45) is 0.532. The van der Waals surface area contributed by atoms with Crippen LogP contribution in [0, 0.1) is 0 Å². The molecule has 0 aliphatic carbocycles. The predicted molar refractivity (Wildman–Crippen MR) is 100 cm³/mol. The summed E-state index contributed by atoms with van der Waals surface area (Å²) in [4.78, 5) is 24.4.